The van der Waals surface area contributed by atoms with Crippen LogP contribution < -0.4 is 10.1 Å². The van der Waals surface area contributed by atoms with Crippen molar-refractivity contribution >= 4 is 32.6 Å². The van der Waals surface area contributed by atoms with Gasteiger partial charge in [-0.2, -0.15) is 0 Å². The molecule has 0 aliphatic carbocycles. The molecule has 0 fully saturated rings. The van der Waals surface area contributed by atoms with E-state index in [1.807, 2.05) is 0 Å². The SMILES string of the molecule is O=C(COc1ccccc1F)Nc1nc2ccc(F)cc2s1. The number of aromatic nitrogens is 1. The molecule has 2 aromatic carbocycles. The number of hydrogen-bond donors (Lipinski definition) is 1. The van der Waals surface area contributed by atoms with Crippen molar-refractivity contribution in [3.8, 4) is 5.75 Å². The van der Waals surface area contributed by atoms with Crippen LogP contribution in [0.25, 0.3) is 10.2 Å². The van der Waals surface area contributed by atoms with Gasteiger partial charge in [-0.1, -0.05) is 23.5 Å². The minimum Gasteiger partial charge on any atom is -0.481 e. The molecule has 22 heavy (non-hydrogen) atoms. The van der Waals surface area contributed by atoms with Gasteiger partial charge in [0.2, 0.25) is 0 Å². The molecule has 0 unspecified atom stereocenters. The lowest BCUT2D eigenvalue weighted by atomic mass is 10.3. The fourth-order valence-corrected chi connectivity index (χ4v) is 2.72. The summed E-state index contributed by atoms with van der Waals surface area (Å²) >= 11 is 1.15. The number of carbonyl (C=O) groups is 1. The quantitative estimate of drug-likeness (QED) is 0.799. The number of amides is 1. The molecule has 112 valence electrons. The van der Waals surface area contributed by atoms with E-state index in [2.05, 4.69) is 10.3 Å². The molecule has 0 bridgehead atoms. The van der Waals surface area contributed by atoms with Gasteiger partial charge in [-0.15, -0.1) is 0 Å². The van der Waals surface area contributed by atoms with Gasteiger partial charge < -0.3 is 4.74 Å². The van der Waals surface area contributed by atoms with Crippen molar-refractivity contribution in [3.63, 3.8) is 0 Å². The summed E-state index contributed by atoms with van der Waals surface area (Å²) < 4.78 is 32.2. The van der Waals surface area contributed by atoms with Crippen molar-refractivity contribution in [3.05, 3.63) is 54.1 Å². The molecule has 0 saturated heterocycles. The van der Waals surface area contributed by atoms with E-state index in [9.17, 15) is 13.6 Å². The van der Waals surface area contributed by atoms with Crippen molar-refractivity contribution in [1.82, 2.24) is 4.98 Å². The van der Waals surface area contributed by atoms with Crippen LogP contribution in [0.1, 0.15) is 0 Å². The Morgan fingerprint density at radius 2 is 2.05 bits per heavy atom. The highest BCUT2D eigenvalue weighted by atomic mass is 32.1. The fraction of sp³-hybridized carbons (Fsp3) is 0.0667. The Morgan fingerprint density at radius 1 is 1.23 bits per heavy atom. The molecular formula is C15H10F2N2O2S. The number of hydrogen-bond acceptors (Lipinski definition) is 4. The maximum Gasteiger partial charge on any atom is 0.264 e. The summed E-state index contributed by atoms with van der Waals surface area (Å²) in [4.78, 5) is 15.9. The van der Waals surface area contributed by atoms with Crippen molar-refractivity contribution < 1.29 is 18.3 Å². The van der Waals surface area contributed by atoms with Crippen LogP contribution in [0.2, 0.25) is 0 Å². The first kappa shape index (κ1) is 14.4. The number of thiazole rings is 1. The monoisotopic (exact) mass is 320 g/mol. The van der Waals surface area contributed by atoms with Gasteiger partial charge in [-0.3, -0.25) is 10.1 Å². The third-order valence-electron chi connectivity index (χ3n) is 2.79. The largest absolute Gasteiger partial charge is 0.481 e. The molecule has 0 radical (unpaired) electrons. The van der Waals surface area contributed by atoms with E-state index in [1.165, 1.54) is 36.4 Å². The van der Waals surface area contributed by atoms with Crippen LogP contribution in [-0.2, 0) is 4.79 Å². The van der Waals surface area contributed by atoms with Crippen LogP contribution >= 0.6 is 11.3 Å². The summed E-state index contributed by atoms with van der Waals surface area (Å²) in [6.45, 7) is -0.342. The van der Waals surface area contributed by atoms with Gasteiger partial charge in [0.1, 0.15) is 5.82 Å². The second-order valence-corrected chi connectivity index (χ2v) is 5.43. The minimum absolute atomic E-state index is 0.00372. The van der Waals surface area contributed by atoms with Crippen LogP contribution in [0.3, 0.4) is 0 Å². The zero-order chi connectivity index (χ0) is 15.5. The third kappa shape index (κ3) is 3.20. The number of para-hydroxylation sites is 1. The van der Waals surface area contributed by atoms with E-state index in [0.717, 1.165) is 11.3 Å². The summed E-state index contributed by atoms with van der Waals surface area (Å²) in [7, 11) is 0. The summed E-state index contributed by atoms with van der Waals surface area (Å²) in [5.41, 5.74) is 0.594. The van der Waals surface area contributed by atoms with E-state index in [1.54, 1.807) is 6.07 Å². The molecular weight excluding hydrogens is 310 g/mol. The maximum atomic E-state index is 13.3. The second-order valence-electron chi connectivity index (χ2n) is 4.40. The molecule has 3 rings (SSSR count). The predicted octanol–water partition coefficient (Wildman–Crippen LogP) is 3.59. The van der Waals surface area contributed by atoms with Crippen LogP contribution in [0.15, 0.2) is 42.5 Å². The highest BCUT2D eigenvalue weighted by Crippen LogP contribution is 2.26. The first-order valence-electron chi connectivity index (χ1n) is 6.35. The lowest BCUT2D eigenvalue weighted by Gasteiger charge is -2.06. The van der Waals surface area contributed by atoms with Gasteiger partial charge in [0.05, 0.1) is 10.2 Å². The van der Waals surface area contributed by atoms with Gasteiger partial charge in [0.15, 0.2) is 23.3 Å². The Kier molecular flexibility index (Phi) is 3.97. The van der Waals surface area contributed by atoms with Gasteiger partial charge in [0.25, 0.3) is 5.91 Å². The molecule has 1 amide bonds. The summed E-state index contributed by atoms with van der Waals surface area (Å²) in [5.74, 6) is -1.37. The first-order valence-corrected chi connectivity index (χ1v) is 7.17. The van der Waals surface area contributed by atoms with Gasteiger partial charge in [-0.25, -0.2) is 13.8 Å². The molecule has 0 aliphatic rings. The number of carbonyl (C=O) groups excluding carboxylic acids is 1. The smallest absolute Gasteiger partial charge is 0.264 e. The lowest BCUT2D eigenvalue weighted by Crippen LogP contribution is -2.20. The van der Waals surface area contributed by atoms with E-state index in [4.69, 9.17) is 4.74 Å². The maximum absolute atomic E-state index is 13.3. The molecule has 0 saturated carbocycles. The van der Waals surface area contributed by atoms with Gasteiger partial charge in [-0.05, 0) is 30.3 Å². The Balaban J connectivity index is 1.64. The van der Waals surface area contributed by atoms with Crippen molar-refractivity contribution in [1.29, 1.82) is 0 Å². The zero-order valence-electron chi connectivity index (χ0n) is 11.2. The highest BCUT2D eigenvalue weighted by Gasteiger charge is 2.10. The standard InChI is InChI=1S/C15H10F2N2O2S/c16-9-5-6-11-13(7-9)22-15(18-11)19-14(20)8-21-12-4-2-1-3-10(12)17/h1-7H,8H2,(H,18,19,20). The van der Waals surface area contributed by atoms with Crippen molar-refractivity contribution in [2.75, 3.05) is 11.9 Å². The normalized spacial score (nSPS) is 10.6. The Bertz CT molecular complexity index is 835. The number of nitrogens with one attached hydrogen (secondary N) is 1. The molecule has 0 aliphatic heterocycles. The number of anilines is 1. The summed E-state index contributed by atoms with van der Waals surface area (Å²) in [6, 6.07) is 10.00. The predicted molar refractivity (Wildman–Crippen MR) is 80.1 cm³/mol. The van der Waals surface area contributed by atoms with Crippen molar-refractivity contribution in [2.45, 2.75) is 0 Å². The Hall–Kier alpha value is -2.54. The molecule has 0 atom stereocenters. The number of halogens is 2. The molecule has 0 spiro atoms. The average Bonchev–Trinajstić information content (AvgIpc) is 2.87. The molecule has 1 aromatic heterocycles. The number of nitrogens with zero attached hydrogens (tertiary/aromatic N) is 1. The number of benzene rings is 2. The van der Waals surface area contributed by atoms with Crippen LogP contribution in [0.4, 0.5) is 13.9 Å². The minimum atomic E-state index is -0.536. The molecule has 1 heterocycles. The molecule has 4 nitrogen and oxygen atoms in total. The highest BCUT2D eigenvalue weighted by molar-refractivity contribution is 7.22. The van der Waals surface area contributed by atoms with Gasteiger partial charge >= 0.3 is 0 Å². The third-order valence-corrected chi connectivity index (χ3v) is 3.73. The summed E-state index contributed by atoms with van der Waals surface area (Å²) in [6.07, 6.45) is 0. The fourth-order valence-electron chi connectivity index (χ4n) is 1.81. The van der Waals surface area contributed by atoms with E-state index >= 15 is 0 Å². The molecule has 1 N–H and O–H groups in total. The van der Waals surface area contributed by atoms with E-state index in [0.29, 0.717) is 15.3 Å². The zero-order valence-corrected chi connectivity index (χ0v) is 12.0. The Morgan fingerprint density at radius 3 is 2.86 bits per heavy atom. The van der Waals surface area contributed by atoms with Crippen LogP contribution in [0, 0.1) is 11.6 Å². The van der Waals surface area contributed by atoms with E-state index < -0.39 is 11.7 Å². The number of ether oxygens (including phenoxy) is 1. The molecule has 7 heteroatoms. The molecule has 3 aromatic rings. The average molecular weight is 320 g/mol. The Labute approximate surface area is 128 Å². The van der Waals surface area contributed by atoms with Crippen LogP contribution in [-0.4, -0.2) is 17.5 Å². The first-order chi connectivity index (χ1) is 10.6. The topological polar surface area (TPSA) is 51.2 Å². The second kappa shape index (κ2) is 6.07. The summed E-state index contributed by atoms with van der Waals surface area (Å²) in [5, 5.41) is 2.87. The van der Waals surface area contributed by atoms with E-state index in [-0.39, 0.29) is 18.2 Å². The number of fused-ring (bicyclic) bond motifs is 1. The lowest BCUT2D eigenvalue weighted by molar-refractivity contribution is -0.118. The van der Waals surface area contributed by atoms with Gasteiger partial charge in [0, 0.05) is 0 Å². The number of rotatable bonds is 4. The van der Waals surface area contributed by atoms with Crippen LogP contribution in [0.5, 0.6) is 5.75 Å². The van der Waals surface area contributed by atoms with Crippen molar-refractivity contribution in [2.24, 2.45) is 0 Å².